The highest BCUT2D eigenvalue weighted by Gasteiger charge is 2.21. The fraction of sp³-hybridized carbons (Fsp3) is 0.250. The van der Waals surface area contributed by atoms with E-state index in [1.54, 1.807) is 0 Å². The van der Waals surface area contributed by atoms with Gasteiger partial charge in [-0.15, -0.1) is 0 Å². The van der Waals surface area contributed by atoms with E-state index in [0.717, 1.165) is 0 Å². The lowest BCUT2D eigenvalue weighted by Gasteiger charge is -2.04. The summed E-state index contributed by atoms with van der Waals surface area (Å²) in [6.07, 6.45) is 3.29. The maximum absolute atomic E-state index is 9.98. The third kappa shape index (κ3) is 0.651. The second-order valence-corrected chi connectivity index (χ2v) is 1.46. The molecule has 1 rings (SSSR count). The molecule has 0 saturated heterocycles. The number of nitrogens with zero attached hydrogens (tertiary/aromatic N) is 2. The van der Waals surface area contributed by atoms with Crippen LogP contribution in [0.25, 0.3) is 0 Å². The Morgan fingerprint density at radius 3 is 2.25 bits per heavy atom. The molecular formula is C4H5N3O. The number of aliphatic imine (C=N–C) groups is 2. The molecule has 1 aliphatic rings. The normalized spacial score (nSPS) is 21.6. The third-order valence-corrected chi connectivity index (χ3v) is 0.803. The van der Waals surface area contributed by atoms with Crippen molar-refractivity contribution in [1.29, 1.82) is 0 Å². The van der Waals surface area contributed by atoms with Gasteiger partial charge in [0.05, 0.1) is 0 Å². The molecule has 0 saturated carbocycles. The Morgan fingerprint density at radius 2 is 2.00 bits per heavy atom. The zero-order chi connectivity index (χ0) is 6.04. The standard InChI is InChI=1S/C4H5N3O/c5-4(3-8)6-1-2-7-4/h1-3H,5H2. The summed E-state index contributed by atoms with van der Waals surface area (Å²) in [5.74, 6) is -1.31. The number of carbonyl (C=O) groups excluding carboxylic acids is 1. The molecule has 0 unspecified atom stereocenters. The SMILES string of the molecule is NC1(C=O)N=CC=N1. The minimum Gasteiger partial charge on any atom is -0.297 e. The van der Waals surface area contributed by atoms with E-state index in [2.05, 4.69) is 9.98 Å². The summed E-state index contributed by atoms with van der Waals surface area (Å²) in [6, 6.07) is 0. The minimum atomic E-state index is -1.31. The number of aldehydes is 1. The second-order valence-electron chi connectivity index (χ2n) is 1.46. The second kappa shape index (κ2) is 1.48. The molecule has 2 N–H and O–H groups in total. The van der Waals surface area contributed by atoms with E-state index in [1.807, 2.05) is 0 Å². The van der Waals surface area contributed by atoms with Gasteiger partial charge in [0, 0.05) is 12.4 Å². The highest BCUT2D eigenvalue weighted by atomic mass is 16.1. The van der Waals surface area contributed by atoms with E-state index in [0.29, 0.717) is 6.29 Å². The molecule has 0 aliphatic carbocycles. The fourth-order valence-electron chi connectivity index (χ4n) is 0.400. The minimum absolute atomic E-state index is 0.493. The van der Waals surface area contributed by atoms with Crippen LogP contribution < -0.4 is 5.73 Å². The van der Waals surface area contributed by atoms with Gasteiger partial charge in [0.25, 0.3) is 5.79 Å². The molecule has 4 nitrogen and oxygen atoms in total. The van der Waals surface area contributed by atoms with E-state index in [9.17, 15) is 4.79 Å². The molecule has 1 heterocycles. The summed E-state index contributed by atoms with van der Waals surface area (Å²) in [5, 5.41) is 0. The Balaban J connectivity index is 2.83. The maximum Gasteiger partial charge on any atom is 0.259 e. The summed E-state index contributed by atoms with van der Waals surface area (Å²) in [7, 11) is 0. The van der Waals surface area contributed by atoms with Crippen LogP contribution in [-0.4, -0.2) is 24.5 Å². The maximum atomic E-state index is 9.98. The van der Waals surface area contributed by atoms with E-state index in [1.165, 1.54) is 12.4 Å². The molecule has 0 radical (unpaired) electrons. The predicted molar refractivity (Wildman–Crippen MR) is 30.0 cm³/mol. The van der Waals surface area contributed by atoms with Gasteiger partial charge in [0.2, 0.25) is 0 Å². The number of nitrogens with two attached hydrogens (primary N) is 1. The molecule has 42 valence electrons. The van der Waals surface area contributed by atoms with Gasteiger partial charge in [-0.05, 0) is 0 Å². The molecule has 0 spiro atoms. The zero-order valence-corrected chi connectivity index (χ0v) is 4.11. The lowest BCUT2D eigenvalue weighted by molar-refractivity contribution is -0.111. The summed E-state index contributed by atoms with van der Waals surface area (Å²) in [6.45, 7) is 0. The van der Waals surface area contributed by atoms with Gasteiger partial charge in [0.1, 0.15) is 0 Å². The first kappa shape index (κ1) is 5.11. The largest absolute Gasteiger partial charge is 0.297 e. The van der Waals surface area contributed by atoms with Gasteiger partial charge in [-0.3, -0.25) is 10.5 Å². The molecule has 0 aromatic rings. The van der Waals surface area contributed by atoms with Crippen LogP contribution in [0.2, 0.25) is 0 Å². The summed E-state index contributed by atoms with van der Waals surface area (Å²) >= 11 is 0. The van der Waals surface area contributed by atoms with E-state index in [4.69, 9.17) is 5.73 Å². The Bertz CT molecular complexity index is 149. The number of hydrogen-bond acceptors (Lipinski definition) is 4. The van der Waals surface area contributed by atoms with Crippen molar-refractivity contribution in [1.82, 2.24) is 0 Å². The topological polar surface area (TPSA) is 67.8 Å². The van der Waals surface area contributed by atoms with E-state index in [-0.39, 0.29) is 0 Å². The van der Waals surface area contributed by atoms with Gasteiger partial charge in [0.15, 0.2) is 6.29 Å². The van der Waals surface area contributed by atoms with Crippen molar-refractivity contribution in [2.45, 2.75) is 5.79 Å². The molecular weight excluding hydrogens is 106 g/mol. The van der Waals surface area contributed by atoms with Gasteiger partial charge in [-0.25, -0.2) is 9.98 Å². The van der Waals surface area contributed by atoms with Gasteiger partial charge in [-0.1, -0.05) is 0 Å². The first-order valence-electron chi connectivity index (χ1n) is 2.11. The molecule has 0 aromatic heterocycles. The Morgan fingerprint density at radius 1 is 1.50 bits per heavy atom. The third-order valence-electron chi connectivity index (χ3n) is 0.803. The van der Waals surface area contributed by atoms with Crippen LogP contribution in [0, 0.1) is 0 Å². The van der Waals surface area contributed by atoms with Crippen LogP contribution in [0.1, 0.15) is 0 Å². The van der Waals surface area contributed by atoms with Crippen molar-refractivity contribution < 1.29 is 4.79 Å². The molecule has 0 bridgehead atoms. The Kier molecular flexibility index (Phi) is 0.948. The van der Waals surface area contributed by atoms with Crippen LogP contribution in [0.3, 0.4) is 0 Å². The van der Waals surface area contributed by atoms with Crippen molar-refractivity contribution in [3.63, 3.8) is 0 Å². The Labute approximate surface area is 46.1 Å². The number of hydrogen-bond donors (Lipinski definition) is 1. The van der Waals surface area contributed by atoms with Crippen LogP contribution in [0.4, 0.5) is 0 Å². The van der Waals surface area contributed by atoms with Gasteiger partial charge < -0.3 is 0 Å². The van der Waals surface area contributed by atoms with Crippen LogP contribution in [-0.2, 0) is 4.79 Å². The van der Waals surface area contributed by atoms with Gasteiger partial charge in [-0.2, -0.15) is 0 Å². The van der Waals surface area contributed by atoms with Crippen molar-refractivity contribution in [3.8, 4) is 0 Å². The zero-order valence-electron chi connectivity index (χ0n) is 4.11. The highest BCUT2D eigenvalue weighted by molar-refractivity contribution is 6.18. The smallest absolute Gasteiger partial charge is 0.259 e. The van der Waals surface area contributed by atoms with Crippen LogP contribution >= 0.6 is 0 Å². The van der Waals surface area contributed by atoms with Crippen molar-refractivity contribution in [2.24, 2.45) is 15.7 Å². The van der Waals surface area contributed by atoms with Gasteiger partial charge >= 0.3 is 0 Å². The molecule has 0 fully saturated rings. The van der Waals surface area contributed by atoms with E-state index < -0.39 is 5.79 Å². The van der Waals surface area contributed by atoms with E-state index >= 15 is 0 Å². The number of rotatable bonds is 1. The lowest BCUT2D eigenvalue weighted by Crippen LogP contribution is -2.35. The first-order valence-corrected chi connectivity index (χ1v) is 2.11. The lowest BCUT2D eigenvalue weighted by atomic mass is 10.5. The molecule has 0 atom stereocenters. The first-order chi connectivity index (χ1) is 3.77. The fourth-order valence-corrected chi connectivity index (χ4v) is 0.400. The average Bonchev–Trinajstić information content (AvgIpc) is 2.17. The monoisotopic (exact) mass is 111 g/mol. The summed E-state index contributed by atoms with van der Waals surface area (Å²) in [4.78, 5) is 17.1. The quantitative estimate of drug-likeness (QED) is 0.439. The van der Waals surface area contributed by atoms with Crippen LogP contribution in [0.15, 0.2) is 9.98 Å². The molecule has 4 heteroatoms. The van der Waals surface area contributed by atoms with Crippen molar-refractivity contribution >= 4 is 18.7 Å². The summed E-state index contributed by atoms with van der Waals surface area (Å²) < 4.78 is 0. The van der Waals surface area contributed by atoms with Crippen LogP contribution in [0.5, 0.6) is 0 Å². The molecule has 8 heavy (non-hydrogen) atoms. The molecule has 0 aromatic carbocycles. The number of carbonyl (C=O) groups is 1. The molecule has 1 aliphatic heterocycles. The van der Waals surface area contributed by atoms with Crippen molar-refractivity contribution in [3.05, 3.63) is 0 Å². The summed E-state index contributed by atoms with van der Waals surface area (Å²) in [5.41, 5.74) is 5.19. The molecule has 0 amide bonds. The average molecular weight is 111 g/mol. The predicted octanol–water partition coefficient (Wildman–Crippen LogP) is -1.05. The Hall–Kier alpha value is -1.03. The van der Waals surface area contributed by atoms with Crippen molar-refractivity contribution in [2.75, 3.05) is 0 Å². The highest BCUT2D eigenvalue weighted by Crippen LogP contribution is 2.01.